The van der Waals surface area contributed by atoms with Gasteiger partial charge in [-0.1, -0.05) is 18.2 Å². The molecular formula is C18H25N3O3. The number of nitrogens with one attached hydrogen (secondary N) is 1. The molecule has 0 radical (unpaired) electrons. The molecule has 130 valence electrons. The summed E-state index contributed by atoms with van der Waals surface area (Å²) in [6, 6.07) is 9.11. The quantitative estimate of drug-likeness (QED) is 0.864. The number of nitrogens with two attached hydrogens (primary N) is 1. The van der Waals surface area contributed by atoms with E-state index in [1.165, 1.54) is 0 Å². The zero-order chi connectivity index (χ0) is 17.0. The van der Waals surface area contributed by atoms with Gasteiger partial charge >= 0.3 is 0 Å². The van der Waals surface area contributed by atoms with E-state index in [0.29, 0.717) is 39.0 Å². The number of benzene rings is 1. The van der Waals surface area contributed by atoms with Crippen LogP contribution in [0.2, 0.25) is 0 Å². The molecular weight excluding hydrogens is 306 g/mol. The molecule has 2 heterocycles. The molecule has 2 fully saturated rings. The van der Waals surface area contributed by atoms with Crippen LogP contribution < -0.4 is 16.0 Å². The molecule has 2 aliphatic heterocycles. The molecule has 0 spiro atoms. The Morgan fingerprint density at radius 1 is 1.29 bits per heavy atom. The highest BCUT2D eigenvalue weighted by Crippen LogP contribution is 2.30. The van der Waals surface area contributed by atoms with Crippen molar-refractivity contribution >= 4 is 17.5 Å². The van der Waals surface area contributed by atoms with Crippen molar-refractivity contribution in [1.29, 1.82) is 0 Å². The molecule has 1 unspecified atom stereocenters. The van der Waals surface area contributed by atoms with Crippen molar-refractivity contribution in [3.05, 3.63) is 30.3 Å². The van der Waals surface area contributed by atoms with Crippen molar-refractivity contribution in [3.8, 4) is 0 Å². The van der Waals surface area contributed by atoms with Crippen LogP contribution in [0, 0.1) is 5.41 Å². The maximum absolute atomic E-state index is 12.8. The standard InChI is InChI=1S/C18H25N3O3/c19-13-18(8-11-24-12-9-18)17(23)20-15-7-4-10-21(16(15)22)14-5-2-1-3-6-14/h1-3,5-6,15H,4,7-13,19H2,(H,20,23). The van der Waals surface area contributed by atoms with Crippen LogP contribution in [0.1, 0.15) is 25.7 Å². The third-order valence-electron chi connectivity index (χ3n) is 5.13. The minimum atomic E-state index is -0.604. The number of hydrogen-bond acceptors (Lipinski definition) is 4. The average Bonchev–Trinajstić information content (AvgIpc) is 2.64. The Hall–Kier alpha value is -1.92. The summed E-state index contributed by atoms with van der Waals surface area (Å²) in [5, 5.41) is 2.96. The average molecular weight is 331 g/mol. The molecule has 0 aromatic heterocycles. The van der Waals surface area contributed by atoms with E-state index in [1.807, 2.05) is 30.3 Å². The van der Waals surface area contributed by atoms with Crippen LogP contribution in [0.25, 0.3) is 0 Å². The summed E-state index contributed by atoms with van der Waals surface area (Å²) in [7, 11) is 0. The van der Waals surface area contributed by atoms with Gasteiger partial charge in [-0.2, -0.15) is 0 Å². The fourth-order valence-corrected chi connectivity index (χ4v) is 3.47. The predicted molar refractivity (Wildman–Crippen MR) is 91.5 cm³/mol. The highest BCUT2D eigenvalue weighted by atomic mass is 16.5. The van der Waals surface area contributed by atoms with Gasteiger partial charge in [-0.25, -0.2) is 0 Å². The molecule has 1 aromatic rings. The van der Waals surface area contributed by atoms with Gasteiger partial charge in [-0.3, -0.25) is 9.59 Å². The van der Waals surface area contributed by atoms with E-state index in [0.717, 1.165) is 12.1 Å². The van der Waals surface area contributed by atoms with Crippen molar-refractivity contribution in [1.82, 2.24) is 5.32 Å². The first-order valence-electron chi connectivity index (χ1n) is 8.61. The minimum Gasteiger partial charge on any atom is -0.381 e. The number of anilines is 1. The lowest BCUT2D eigenvalue weighted by Gasteiger charge is -2.38. The van der Waals surface area contributed by atoms with Crippen molar-refractivity contribution < 1.29 is 14.3 Å². The van der Waals surface area contributed by atoms with E-state index in [9.17, 15) is 9.59 Å². The van der Waals surface area contributed by atoms with Crippen LogP contribution in [-0.4, -0.2) is 44.2 Å². The normalized spacial score (nSPS) is 23.8. The molecule has 2 amide bonds. The SMILES string of the molecule is NCC1(C(=O)NC2CCCN(c3ccccc3)C2=O)CCOCC1. The molecule has 3 rings (SSSR count). The molecule has 2 saturated heterocycles. The van der Waals surface area contributed by atoms with Crippen LogP contribution in [0.5, 0.6) is 0 Å². The summed E-state index contributed by atoms with van der Waals surface area (Å²) >= 11 is 0. The third kappa shape index (κ3) is 3.30. The minimum absolute atomic E-state index is 0.0416. The van der Waals surface area contributed by atoms with Crippen molar-refractivity contribution in [3.63, 3.8) is 0 Å². The number of carbonyl (C=O) groups is 2. The van der Waals surface area contributed by atoms with E-state index in [-0.39, 0.29) is 18.4 Å². The number of carbonyl (C=O) groups excluding carboxylic acids is 2. The van der Waals surface area contributed by atoms with E-state index >= 15 is 0 Å². The Bertz CT molecular complexity index is 584. The van der Waals surface area contributed by atoms with Gasteiger partial charge in [0.25, 0.3) is 0 Å². The number of para-hydroxylation sites is 1. The zero-order valence-electron chi connectivity index (χ0n) is 13.9. The number of ether oxygens (including phenoxy) is 1. The number of nitrogens with zero attached hydrogens (tertiary/aromatic N) is 1. The van der Waals surface area contributed by atoms with Gasteiger partial charge in [0.05, 0.1) is 5.41 Å². The topological polar surface area (TPSA) is 84.7 Å². The second-order valence-electron chi connectivity index (χ2n) is 6.59. The second-order valence-corrected chi connectivity index (χ2v) is 6.59. The van der Waals surface area contributed by atoms with Crippen LogP contribution in [0.15, 0.2) is 30.3 Å². The Balaban J connectivity index is 1.70. The van der Waals surface area contributed by atoms with E-state index < -0.39 is 11.5 Å². The number of hydrogen-bond donors (Lipinski definition) is 2. The summed E-state index contributed by atoms with van der Waals surface area (Å²) < 4.78 is 5.35. The van der Waals surface area contributed by atoms with Gasteiger partial charge in [0, 0.05) is 32.0 Å². The molecule has 0 aliphatic carbocycles. The molecule has 1 aromatic carbocycles. The van der Waals surface area contributed by atoms with Crippen molar-refractivity contribution in [2.24, 2.45) is 11.1 Å². The molecule has 0 saturated carbocycles. The molecule has 24 heavy (non-hydrogen) atoms. The van der Waals surface area contributed by atoms with E-state index in [1.54, 1.807) is 4.90 Å². The second kappa shape index (κ2) is 7.32. The van der Waals surface area contributed by atoms with Crippen molar-refractivity contribution in [2.75, 3.05) is 31.2 Å². The summed E-state index contributed by atoms with van der Waals surface area (Å²) in [5.74, 6) is -0.151. The predicted octanol–water partition coefficient (Wildman–Crippen LogP) is 1.05. The van der Waals surface area contributed by atoms with Gasteiger partial charge in [0.15, 0.2) is 0 Å². The van der Waals surface area contributed by atoms with Crippen LogP contribution in [0.3, 0.4) is 0 Å². The van der Waals surface area contributed by atoms with Crippen molar-refractivity contribution in [2.45, 2.75) is 31.7 Å². The van der Waals surface area contributed by atoms with Crippen LogP contribution in [0.4, 0.5) is 5.69 Å². The summed E-state index contributed by atoms with van der Waals surface area (Å²) in [6.07, 6.45) is 2.76. The zero-order valence-corrected chi connectivity index (χ0v) is 13.9. The summed E-state index contributed by atoms with van der Waals surface area (Å²) in [4.78, 5) is 27.3. The third-order valence-corrected chi connectivity index (χ3v) is 5.13. The smallest absolute Gasteiger partial charge is 0.249 e. The maximum atomic E-state index is 12.8. The van der Waals surface area contributed by atoms with Gasteiger partial charge in [0.1, 0.15) is 6.04 Å². The molecule has 0 bridgehead atoms. The lowest BCUT2D eigenvalue weighted by atomic mass is 9.79. The van der Waals surface area contributed by atoms with E-state index in [2.05, 4.69) is 5.32 Å². The fraction of sp³-hybridized carbons (Fsp3) is 0.556. The number of amides is 2. The lowest BCUT2D eigenvalue weighted by Crippen LogP contribution is -2.57. The maximum Gasteiger partial charge on any atom is 0.249 e. The molecule has 3 N–H and O–H groups in total. The van der Waals surface area contributed by atoms with Gasteiger partial charge in [-0.15, -0.1) is 0 Å². The molecule has 1 atom stereocenters. The number of rotatable bonds is 4. The molecule has 2 aliphatic rings. The Morgan fingerprint density at radius 2 is 2.00 bits per heavy atom. The summed E-state index contributed by atoms with van der Waals surface area (Å²) in [5.41, 5.74) is 6.16. The Kier molecular flexibility index (Phi) is 5.16. The van der Waals surface area contributed by atoms with Gasteiger partial charge in [0.2, 0.25) is 11.8 Å². The first-order valence-corrected chi connectivity index (χ1v) is 8.61. The van der Waals surface area contributed by atoms with E-state index in [4.69, 9.17) is 10.5 Å². The first-order chi connectivity index (χ1) is 11.7. The van der Waals surface area contributed by atoms with Crippen LogP contribution in [-0.2, 0) is 14.3 Å². The molecule has 6 nitrogen and oxygen atoms in total. The fourth-order valence-electron chi connectivity index (χ4n) is 3.47. The Morgan fingerprint density at radius 3 is 2.67 bits per heavy atom. The van der Waals surface area contributed by atoms with Crippen LogP contribution >= 0.6 is 0 Å². The highest BCUT2D eigenvalue weighted by Gasteiger charge is 2.41. The summed E-state index contributed by atoms with van der Waals surface area (Å²) in [6.45, 7) is 2.05. The Labute approximate surface area is 142 Å². The molecule has 6 heteroatoms. The lowest BCUT2D eigenvalue weighted by molar-refractivity contribution is -0.139. The number of piperidine rings is 1. The monoisotopic (exact) mass is 331 g/mol. The first kappa shape index (κ1) is 16.9. The van der Waals surface area contributed by atoms with Gasteiger partial charge < -0.3 is 20.7 Å². The van der Waals surface area contributed by atoms with Gasteiger partial charge in [-0.05, 0) is 37.8 Å². The highest BCUT2D eigenvalue weighted by molar-refractivity contribution is 6.00. The largest absolute Gasteiger partial charge is 0.381 e.